The zero-order valence-corrected chi connectivity index (χ0v) is 15.1. The van der Waals surface area contributed by atoms with Crippen LogP contribution in [0.1, 0.15) is 56.5 Å². The van der Waals surface area contributed by atoms with Crippen molar-refractivity contribution in [3.63, 3.8) is 0 Å². The number of rotatable bonds is 3. The first-order valence-corrected chi connectivity index (χ1v) is 8.31. The molecule has 0 aliphatic carbocycles. The molecule has 1 aliphatic rings. The lowest BCUT2D eigenvalue weighted by Crippen LogP contribution is -2.38. The van der Waals surface area contributed by atoms with E-state index in [0.29, 0.717) is 19.0 Å². The fraction of sp³-hybridized carbons (Fsp3) is 0.611. The molecule has 0 radical (unpaired) electrons. The summed E-state index contributed by atoms with van der Waals surface area (Å²) in [6, 6.07) is 3.25. The highest BCUT2D eigenvalue weighted by atomic mass is 16.6. The maximum Gasteiger partial charge on any atom is 0.312 e. The van der Waals surface area contributed by atoms with Crippen LogP contribution >= 0.6 is 0 Å². The Balaban J connectivity index is 2.52. The molecule has 6 heteroatoms. The Hall–Kier alpha value is -2.11. The summed E-state index contributed by atoms with van der Waals surface area (Å²) in [7, 11) is 1.37. The van der Waals surface area contributed by atoms with E-state index in [2.05, 4.69) is 6.92 Å². The molecule has 1 fully saturated rings. The molecule has 1 aliphatic heterocycles. The summed E-state index contributed by atoms with van der Waals surface area (Å²) in [4.78, 5) is 25.7. The zero-order valence-electron chi connectivity index (χ0n) is 15.1. The summed E-state index contributed by atoms with van der Waals surface area (Å²) >= 11 is 0. The number of piperidine rings is 1. The van der Waals surface area contributed by atoms with Crippen LogP contribution in [0, 0.1) is 16.0 Å². The topological polar surface area (TPSA) is 72.7 Å². The van der Waals surface area contributed by atoms with Gasteiger partial charge in [0.15, 0.2) is 0 Å². The molecule has 1 amide bonds. The molecule has 1 saturated heterocycles. The molecule has 1 aromatic rings. The molecule has 1 aromatic carbocycles. The number of nitro benzene ring substituents is 1. The maximum atomic E-state index is 13.0. The lowest BCUT2D eigenvalue weighted by atomic mass is 9.85. The molecule has 0 saturated carbocycles. The Morgan fingerprint density at radius 2 is 1.88 bits per heavy atom. The number of hydrogen-bond acceptors (Lipinski definition) is 4. The summed E-state index contributed by atoms with van der Waals surface area (Å²) in [5, 5.41) is 11.5. The van der Waals surface area contributed by atoms with E-state index in [-0.39, 0.29) is 28.3 Å². The Labute approximate surface area is 142 Å². The minimum atomic E-state index is -0.483. The maximum absolute atomic E-state index is 13.0. The van der Waals surface area contributed by atoms with E-state index in [9.17, 15) is 14.9 Å². The van der Waals surface area contributed by atoms with E-state index in [1.807, 2.05) is 20.8 Å². The number of amides is 1. The third-order valence-corrected chi connectivity index (χ3v) is 4.64. The summed E-state index contributed by atoms with van der Waals surface area (Å²) < 4.78 is 5.25. The van der Waals surface area contributed by atoms with E-state index < -0.39 is 4.92 Å². The first-order chi connectivity index (χ1) is 11.1. The second-order valence-electron chi connectivity index (χ2n) is 7.56. The highest BCUT2D eigenvalue weighted by Gasteiger charge is 2.31. The molecule has 0 N–H and O–H groups in total. The number of ether oxygens (including phenoxy) is 1. The van der Waals surface area contributed by atoms with Gasteiger partial charge in [0.25, 0.3) is 5.91 Å². The van der Waals surface area contributed by atoms with E-state index in [0.717, 1.165) is 18.4 Å². The Kier molecular flexibility index (Phi) is 5.16. The van der Waals surface area contributed by atoms with Gasteiger partial charge in [0, 0.05) is 19.2 Å². The van der Waals surface area contributed by atoms with Crippen LogP contribution in [0.2, 0.25) is 0 Å². The van der Waals surface area contributed by atoms with Crippen molar-refractivity contribution < 1.29 is 14.5 Å². The van der Waals surface area contributed by atoms with Crippen LogP contribution in [0.25, 0.3) is 0 Å². The summed E-state index contributed by atoms with van der Waals surface area (Å²) in [5.74, 6) is 0.468. The molecule has 0 bridgehead atoms. The molecule has 6 nitrogen and oxygen atoms in total. The molecular weight excluding hydrogens is 308 g/mol. The van der Waals surface area contributed by atoms with Crippen LogP contribution in [0.5, 0.6) is 5.75 Å². The van der Waals surface area contributed by atoms with Gasteiger partial charge >= 0.3 is 5.69 Å². The van der Waals surface area contributed by atoms with Crippen molar-refractivity contribution in [2.24, 2.45) is 5.92 Å². The number of likely N-dealkylation sites (tertiary alicyclic amines) is 1. The largest absolute Gasteiger partial charge is 0.490 e. The van der Waals surface area contributed by atoms with E-state index >= 15 is 0 Å². The average molecular weight is 334 g/mol. The average Bonchev–Trinajstić information content (AvgIpc) is 2.52. The molecule has 0 atom stereocenters. The Bertz CT molecular complexity index is 641. The second kappa shape index (κ2) is 6.79. The van der Waals surface area contributed by atoms with E-state index in [1.54, 1.807) is 11.0 Å². The number of benzene rings is 1. The van der Waals surface area contributed by atoms with Gasteiger partial charge in [-0.25, -0.2) is 0 Å². The summed E-state index contributed by atoms with van der Waals surface area (Å²) in [5.41, 5.74) is 0.580. The smallest absolute Gasteiger partial charge is 0.312 e. The van der Waals surface area contributed by atoms with Crippen molar-refractivity contribution in [2.45, 2.75) is 46.0 Å². The second-order valence-corrected chi connectivity index (χ2v) is 7.56. The lowest BCUT2D eigenvalue weighted by molar-refractivity contribution is -0.385. The highest BCUT2D eigenvalue weighted by molar-refractivity contribution is 5.98. The van der Waals surface area contributed by atoms with E-state index in [1.165, 1.54) is 13.2 Å². The highest BCUT2D eigenvalue weighted by Crippen LogP contribution is 2.37. The molecular formula is C18H26N2O4. The van der Waals surface area contributed by atoms with Crippen LogP contribution < -0.4 is 4.74 Å². The van der Waals surface area contributed by atoms with Gasteiger partial charge in [-0.15, -0.1) is 0 Å². The fourth-order valence-corrected chi connectivity index (χ4v) is 2.94. The van der Waals surface area contributed by atoms with Gasteiger partial charge in [0.1, 0.15) is 0 Å². The van der Waals surface area contributed by atoms with Crippen LogP contribution in [0.15, 0.2) is 12.1 Å². The SMILES string of the molecule is COc1c(C(=O)N2CCC(C)CC2)cc(C(C)(C)C)cc1[N+](=O)[O-]. The zero-order chi connectivity index (χ0) is 18.1. The number of nitrogens with zero attached hydrogens (tertiary/aromatic N) is 2. The van der Waals surface area contributed by atoms with Gasteiger partial charge in [-0.3, -0.25) is 14.9 Å². The first-order valence-electron chi connectivity index (χ1n) is 8.31. The molecule has 2 rings (SSSR count). The number of hydrogen-bond donors (Lipinski definition) is 0. The van der Waals surface area contributed by atoms with Crippen LogP contribution in [0.3, 0.4) is 0 Å². The van der Waals surface area contributed by atoms with E-state index in [4.69, 9.17) is 4.74 Å². The van der Waals surface area contributed by atoms with Crippen molar-refractivity contribution in [2.75, 3.05) is 20.2 Å². The molecule has 132 valence electrons. The standard InChI is InChI=1S/C18H26N2O4/c1-12-6-8-19(9-7-12)17(21)14-10-13(18(2,3)4)11-15(20(22)23)16(14)24-5/h10-12H,6-9H2,1-5H3. The van der Waals surface area contributed by atoms with Crippen LogP contribution in [-0.4, -0.2) is 35.9 Å². The van der Waals surface area contributed by atoms with Gasteiger partial charge < -0.3 is 9.64 Å². The van der Waals surface area contributed by atoms with Crippen molar-refractivity contribution >= 4 is 11.6 Å². The summed E-state index contributed by atoms with van der Waals surface area (Å²) in [6.45, 7) is 9.43. The predicted molar refractivity (Wildman–Crippen MR) is 92.6 cm³/mol. The van der Waals surface area contributed by atoms with Crippen molar-refractivity contribution in [1.82, 2.24) is 4.90 Å². The van der Waals surface area contributed by atoms with Crippen LogP contribution in [-0.2, 0) is 5.41 Å². The van der Waals surface area contributed by atoms with Gasteiger partial charge in [-0.2, -0.15) is 0 Å². The normalized spacial score (nSPS) is 16.1. The molecule has 0 unspecified atom stereocenters. The lowest BCUT2D eigenvalue weighted by Gasteiger charge is -2.31. The molecule has 0 spiro atoms. The summed E-state index contributed by atoms with van der Waals surface area (Å²) in [6.07, 6.45) is 1.91. The van der Waals surface area contributed by atoms with Gasteiger partial charge in [0.2, 0.25) is 5.75 Å². The van der Waals surface area contributed by atoms with Crippen molar-refractivity contribution in [3.8, 4) is 5.75 Å². The number of nitro groups is 1. The molecule has 1 heterocycles. The minimum Gasteiger partial charge on any atom is -0.490 e. The minimum absolute atomic E-state index is 0.0524. The Morgan fingerprint density at radius 1 is 1.29 bits per heavy atom. The van der Waals surface area contributed by atoms with Gasteiger partial charge in [0.05, 0.1) is 17.6 Å². The molecule has 0 aromatic heterocycles. The van der Waals surface area contributed by atoms with Gasteiger partial charge in [-0.1, -0.05) is 27.7 Å². The third-order valence-electron chi connectivity index (χ3n) is 4.64. The number of carbonyl (C=O) groups excluding carboxylic acids is 1. The quantitative estimate of drug-likeness (QED) is 0.623. The number of carbonyl (C=O) groups is 1. The monoisotopic (exact) mass is 334 g/mol. The Morgan fingerprint density at radius 3 is 2.33 bits per heavy atom. The van der Waals surface area contributed by atoms with Gasteiger partial charge in [-0.05, 0) is 35.8 Å². The third kappa shape index (κ3) is 3.68. The van der Waals surface area contributed by atoms with Crippen molar-refractivity contribution in [3.05, 3.63) is 33.4 Å². The van der Waals surface area contributed by atoms with Crippen LogP contribution in [0.4, 0.5) is 5.69 Å². The van der Waals surface area contributed by atoms with Crippen molar-refractivity contribution in [1.29, 1.82) is 0 Å². The first kappa shape index (κ1) is 18.2. The predicted octanol–water partition coefficient (Wildman–Crippen LogP) is 3.77. The number of methoxy groups -OCH3 is 1. The molecule has 24 heavy (non-hydrogen) atoms. The fourth-order valence-electron chi connectivity index (χ4n) is 2.94.